The van der Waals surface area contributed by atoms with Crippen LogP contribution in [0.3, 0.4) is 0 Å². The van der Waals surface area contributed by atoms with Crippen LogP contribution in [0.15, 0.2) is 27.4 Å². The molecular formula is C12H15N3O2. The summed E-state index contributed by atoms with van der Waals surface area (Å²) >= 11 is 0. The highest BCUT2D eigenvalue weighted by atomic mass is 16.4. The summed E-state index contributed by atoms with van der Waals surface area (Å²) in [6, 6.07) is 5.78. The molecule has 0 amide bonds. The molecule has 17 heavy (non-hydrogen) atoms. The van der Waals surface area contributed by atoms with Crippen LogP contribution in [-0.2, 0) is 0 Å². The Morgan fingerprint density at radius 1 is 1.47 bits per heavy atom. The van der Waals surface area contributed by atoms with Crippen molar-refractivity contribution in [1.82, 2.24) is 10.3 Å². The second kappa shape index (κ2) is 3.92. The standard InChI is InChI=1S/C12H15N3O2/c1-15(7-8-5-13-6-8)9-2-3-10-11(4-9)17-12(16)14-10/h2-4,8,13H,5-7H2,1H3,(H,14,16). The number of nitrogens with one attached hydrogen (secondary N) is 2. The van der Waals surface area contributed by atoms with Crippen LogP contribution in [-0.4, -0.2) is 31.7 Å². The van der Waals surface area contributed by atoms with Crippen molar-refractivity contribution in [3.05, 3.63) is 28.7 Å². The first-order chi connectivity index (χ1) is 8.22. The maximum Gasteiger partial charge on any atom is 0.417 e. The van der Waals surface area contributed by atoms with Gasteiger partial charge in [0.05, 0.1) is 5.52 Å². The first kappa shape index (κ1) is 10.4. The first-order valence-electron chi connectivity index (χ1n) is 5.77. The number of hydrogen-bond donors (Lipinski definition) is 2. The SMILES string of the molecule is CN(CC1CNC1)c1ccc2[nH]c(=O)oc2c1. The van der Waals surface area contributed by atoms with E-state index in [9.17, 15) is 4.79 Å². The fraction of sp³-hybridized carbons (Fsp3) is 0.417. The van der Waals surface area contributed by atoms with Crippen molar-refractivity contribution >= 4 is 16.8 Å². The Hall–Kier alpha value is -1.75. The average Bonchev–Trinajstić information content (AvgIpc) is 2.62. The van der Waals surface area contributed by atoms with Crippen LogP contribution in [0.25, 0.3) is 11.1 Å². The summed E-state index contributed by atoms with van der Waals surface area (Å²) < 4.78 is 5.05. The summed E-state index contributed by atoms with van der Waals surface area (Å²) in [7, 11) is 2.06. The number of nitrogens with zero attached hydrogens (tertiary/aromatic N) is 1. The van der Waals surface area contributed by atoms with Gasteiger partial charge in [-0.15, -0.1) is 0 Å². The van der Waals surface area contributed by atoms with E-state index in [4.69, 9.17) is 4.42 Å². The minimum Gasteiger partial charge on any atom is -0.408 e. The van der Waals surface area contributed by atoms with Crippen LogP contribution in [0.1, 0.15) is 0 Å². The van der Waals surface area contributed by atoms with Gasteiger partial charge in [0.25, 0.3) is 0 Å². The van der Waals surface area contributed by atoms with Gasteiger partial charge in [-0.25, -0.2) is 4.79 Å². The van der Waals surface area contributed by atoms with E-state index in [1.165, 1.54) is 0 Å². The van der Waals surface area contributed by atoms with E-state index in [1.54, 1.807) is 0 Å². The summed E-state index contributed by atoms with van der Waals surface area (Å²) in [5.74, 6) is 0.317. The number of oxazole rings is 1. The lowest BCUT2D eigenvalue weighted by atomic mass is 10.0. The molecule has 3 rings (SSSR count). The highest BCUT2D eigenvalue weighted by Crippen LogP contribution is 2.20. The highest BCUT2D eigenvalue weighted by molar-refractivity contribution is 5.76. The Morgan fingerprint density at radius 2 is 2.29 bits per heavy atom. The van der Waals surface area contributed by atoms with Crippen LogP contribution < -0.4 is 16.0 Å². The molecule has 2 aromatic rings. The largest absolute Gasteiger partial charge is 0.417 e. The molecule has 0 radical (unpaired) electrons. The van der Waals surface area contributed by atoms with Crippen LogP contribution >= 0.6 is 0 Å². The molecule has 0 atom stereocenters. The molecule has 0 unspecified atom stereocenters. The molecule has 1 fully saturated rings. The van der Waals surface area contributed by atoms with Gasteiger partial charge in [-0.05, 0) is 12.1 Å². The summed E-state index contributed by atoms with van der Waals surface area (Å²) in [5.41, 5.74) is 2.44. The average molecular weight is 233 g/mol. The van der Waals surface area contributed by atoms with Gasteiger partial charge in [-0.1, -0.05) is 0 Å². The van der Waals surface area contributed by atoms with Crippen LogP contribution in [0.2, 0.25) is 0 Å². The smallest absolute Gasteiger partial charge is 0.408 e. The summed E-state index contributed by atoms with van der Waals surface area (Å²) in [4.78, 5) is 15.9. The van der Waals surface area contributed by atoms with E-state index >= 15 is 0 Å². The van der Waals surface area contributed by atoms with Crippen LogP contribution in [0.5, 0.6) is 0 Å². The molecule has 2 N–H and O–H groups in total. The van der Waals surface area contributed by atoms with Gasteiger partial charge in [0.15, 0.2) is 5.58 Å². The minimum atomic E-state index is -0.400. The molecule has 1 saturated heterocycles. The highest BCUT2D eigenvalue weighted by Gasteiger charge is 2.18. The zero-order valence-electron chi connectivity index (χ0n) is 9.69. The number of fused-ring (bicyclic) bond motifs is 1. The number of H-pyrrole nitrogens is 1. The van der Waals surface area contributed by atoms with E-state index in [1.807, 2.05) is 18.2 Å². The monoisotopic (exact) mass is 233 g/mol. The lowest BCUT2D eigenvalue weighted by Crippen LogP contribution is -2.47. The summed E-state index contributed by atoms with van der Waals surface area (Å²) in [6.45, 7) is 3.20. The molecule has 0 bridgehead atoms. The van der Waals surface area contributed by atoms with Crippen molar-refractivity contribution in [2.45, 2.75) is 0 Å². The molecule has 90 valence electrons. The van der Waals surface area contributed by atoms with Crippen molar-refractivity contribution in [1.29, 1.82) is 0 Å². The van der Waals surface area contributed by atoms with E-state index in [2.05, 4.69) is 22.2 Å². The Balaban J connectivity index is 1.85. The predicted octanol–water partition coefficient (Wildman–Crippen LogP) is 0.777. The van der Waals surface area contributed by atoms with Gasteiger partial charge >= 0.3 is 5.76 Å². The topological polar surface area (TPSA) is 61.3 Å². The molecule has 0 aliphatic carbocycles. The second-order valence-electron chi connectivity index (χ2n) is 4.60. The molecule has 1 aliphatic rings. The molecule has 0 saturated carbocycles. The summed E-state index contributed by atoms with van der Waals surface area (Å²) in [6.07, 6.45) is 0. The van der Waals surface area contributed by atoms with Gasteiger partial charge in [0, 0.05) is 44.4 Å². The van der Waals surface area contributed by atoms with Crippen LogP contribution in [0, 0.1) is 5.92 Å². The lowest BCUT2D eigenvalue weighted by Gasteiger charge is -2.32. The van der Waals surface area contributed by atoms with Crippen molar-refractivity contribution < 1.29 is 4.42 Å². The normalized spacial score (nSPS) is 16.1. The Bertz CT molecular complexity index is 583. The van der Waals surface area contributed by atoms with E-state index in [-0.39, 0.29) is 0 Å². The third-order valence-electron chi connectivity index (χ3n) is 3.24. The van der Waals surface area contributed by atoms with Gasteiger partial charge in [0.2, 0.25) is 0 Å². The van der Waals surface area contributed by atoms with Crippen molar-refractivity contribution in [2.24, 2.45) is 5.92 Å². The summed E-state index contributed by atoms with van der Waals surface area (Å²) in [5, 5.41) is 3.26. The maximum atomic E-state index is 11.1. The molecule has 5 nitrogen and oxygen atoms in total. The van der Waals surface area contributed by atoms with Crippen molar-refractivity contribution in [3.63, 3.8) is 0 Å². The van der Waals surface area contributed by atoms with Crippen molar-refractivity contribution in [3.8, 4) is 0 Å². The van der Waals surface area contributed by atoms with E-state index in [0.717, 1.165) is 30.8 Å². The fourth-order valence-corrected chi connectivity index (χ4v) is 2.14. The van der Waals surface area contributed by atoms with Gasteiger partial charge in [-0.2, -0.15) is 0 Å². The molecule has 1 aliphatic heterocycles. The molecule has 2 heterocycles. The second-order valence-corrected chi connectivity index (χ2v) is 4.60. The van der Waals surface area contributed by atoms with E-state index < -0.39 is 5.76 Å². The third-order valence-corrected chi connectivity index (χ3v) is 3.24. The fourth-order valence-electron chi connectivity index (χ4n) is 2.14. The number of anilines is 1. The molecule has 1 aromatic heterocycles. The van der Waals surface area contributed by atoms with E-state index in [0.29, 0.717) is 11.5 Å². The number of aromatic amines is 1. The predicted molar refractivity (Wildman–Crippen MR) is 66.5 cm³/mol. The number of hydrogen-bond acceptors (Lipinski definition) is 4. The quantitative estimate of drug-likeness (QED) is 0.822. The number of aromatic nitrogens is 1. The Labute approximate surface area is 98.4 Å². The third kappa shape index (κ3) is 1.93. The lowest BCUT2D eigenvalue weighted by molar-refractivity contribution is 0.353. The zero-order chi connectivity index (χ0) is 11.8. The number of rotatable bonds is 3. The molecule has 0 spiro atoms. The van der Waals surface area contributed by atoms with Crippen molar-refractivity contribution in [2.75, 3.05) is 31.6 Å². The molecule has 5 heteroatoms. The minimum absolute atomic E-state index is 0.400. The Morgan fingerprint density at radius 3 is 3.00 bits per heavy atom. The van der Waals surface area contributed by atoms with Crippen LogP contribution in [0.4, 0.5) is 5.69 Å². The van der Waals surface area contributed by atoms with Gasteiger partial charge in [-0.3, -0.25) is 4.98 Å². The first-order valence-corrected chi connectivity index (χ1v) is 5.77. The number of benzene rings is 1. The molecular weight excluding hydrogens is 218 g/mol. The van der Waals surface area contributed by atoms with Gasteiger partial charge in [0.1, 0.15) is 0 Å². The van der Waals surface area contributed by atoms with Gasteiger partial charge < -0.3 is 14.6 Å². The molecule has 1 aromatic carbocycles. The maximum absolute atomic E-state index is 11.1. The zero-order valence-corrected chi connectivity index (χ0v) is 9.69. The Kier molecular flexibility index (Phi) is 2.40.